The van der Waals surface area contributed by atoms with Gasteiger partial charge < -0.3 is 15.1 Å². The first-order valence-corrected chi connectivity index (χ1v) is 8.02. The molecule has 2 aromatic carbocycles. The molecule has 0 radical (unpaired) electrons. The summed E-state index contributed by atoms with van der Waals surface area (Å²) >= 11 is 0. The first-order chi connectivity index (χ1) is 10.8. The molecule has 0 saturated carbocycles. The van der Waals surface area contributed by atoms with E-state index in [1.807, 2.05) is 54.6 Å². The fourth-order valence-electron chi connectivity index (χ4n) is 3.05. The Morgan fingerprint density at radius 2 is 1.23 bits per heavy atom. The smallest absolute Gasteiger partial charge is 0.109 e. The second-order valence-electron chi connectivity index (χ2n) is 5.94. The highest BCUT2D eigenvalue weighted by molar-refractivity contribution is 5.48. The van der Waals surface area contributed by atoms with E-state index in [1.165, 1.54) is 24.9 Å². The van der Waals surface area contributed by atoms with Gasteiger partial charge in [-0.25, -0.2) is 0 Å². The van der Waals surface area contributed by atoms with Crippen LogP contribution in [0.15, 0.2) is 54.6 Å². The van der Waals surface area contributed by atoms with Gasteiger partial charge >= 0.3 is 0 Å². The fourth-order valence-corrected chi connectivity index (χ4v) is 3.05. The van der Waals surface area contributed by atoms with Crippen LogP contribution in [0.25, 0.3) is 0 Å². The predicted molar refractivity (Wildman–Crippen MR) is 88.9 cm³/mol. The number of nitrogens with zero attached hydrogens (tertiary/aromatic N) is 1. The molecule has 1 aliphatic heterocycles. The van der Waals surface area contributed by atoms with E-state index in [0.29, 0.717) is 0 Å². The van der Waals surface area contributed by atoms with Crippen LogP contribution in [0.5, 0.6) is 0 Å². The number of hydrogen-bond donors (Lipinski definition) is 2. The highest BCUT2D eigenvalue weighted by Crippen LogP contribution is 2.30. The van der Waals surface area contributed by atoms with E-state index in [2.05, 4.69) is 4.90 Å². The van der Waals surface area contributed by atoms with Crippen LogP contribution in [0.2, 0.25) is 0 Å². The molecule has 0 aromatic heterocycles. The van der Waals surface area contributed by atoms with Crippen molar-refractivity contribution in [3.63, 3.8) is 0 Å². The molecule has 2 aromatic rings. The highest BCUT2D eigenvalue weighted by Gasteiger charge is 2.20. The number of piperidine rings is 1. The SMILES string of the molecule is O[C@H](c1ccccc1)[C@@H](O)c1ccc(N2CCCCC2)cc1. The minimum absolute atomic E-state index is 0.732. The van der Waals surface area contributed by atoms with Crippen molar-refractivity contribution in [3.8, 4) is 0 Å². The lowest BCUT2D eigenvalue weighted by Crippen LogP contribution is -2.29. The largest absolute Gasteiger partial charge is 0.385 e. The van der Waals surface area contributed by atoms with Crippen molar-refractivity contribution in [2.24, 2.45) is 0 Å². The van der Waals surface area contributed by atoms with E-state index < -0.39 is 12.2 Å². The Morgan fingerprint density at radius 3 is 1.82 bits per heavy atom. The van der Waals surface area contributed by atoms with Gasteiger partial charge in [-0.2, -0.15) is 0 Å². The van der Waals surface area contributed by atoms with E-state index >= 15 is 0 Å². The van der Waals surface area contributed by atoms with Crippen LogP contribution in [0, 0.1) is 0 Å². The molecule has 22 heavy (non-hydrogen) atoms. The molecule has 0 aliphatic carbocycles. The maximum absolute atomic E-state index is 10.4. The summed E-state index contributed by atoms with van der Waals surface area (Å²) in [7, 11) is 0. The van der Waals surface area contributed by atoms with Gasteiger partial charge in [0.15, 0.2) is 0 Å². The summed E-state index contributed by atoms with van der Waals surface area (Å²) < 4.78 is 0. The second-order valence-corrected chi connectivity index (χ2v) is 5.94. The maximum Gasteiger partial charge on any atom is 0.109 e. The van der Waals surface area contributed by atoms with Crippen LogP contribution in [-0.2, 0) is 0 Å². The Labute approximate surface area is 131 Å². The molecular formula is C19H23NO2. The molecule has 1 aliphatic rings. The molecule has 3 rings (SSSR count). The first-order valence-electron chi connectivity index (χ1n) is 8.02. The molecule has 3 nitrogen and oxygen atoms in total. The molecule has 3 heteroatoms. The number of rotatable bonds is 4. The number of hydrogen-bond acceptors (Lipinski definition) is 3. The zero-order valence-corrected chi connectivity index (χ0v) is 12.7. The molecule has 2 atom stereocenters. The number of benzene rings is 2. The Morgan fingerprint density at radius 1 is 0.682 bits per heavy atom. The molecule has 0 bridgehead atoms. The Kier molecular flexibility index (Phi) is 4.76. The molecular weight excluding hydrogens is 274 g/mol. The normalized spacial score (nSPS) is 18.0. The summed E-state index contributed by atoms with van der Waals surface area (Å²) in [5.41, 5.74) is 2.68. The van der Waals surface area contributed by atoms with Crippen LogP contribution in [0.3, 0.4) is 0 Å². The summed E-state index contributed by atoms with van der Waals surface area (Å²) in [6.07, 6.45) is 2.00. The Bertz CT molecular complexity index is 576. The molecule has 1 heterocycles. The average Bonchev–Trinajstić information content (AvgIpc) is 2.62. The van der Waals surface area contributed by atoms with Gasteiger partial charge in [-0.1, -0.05) is 42.5 Å². The van der Waals surface area contributed by atoms with Gasteiger partial charge in [0.2, 0.25) is 0 Å². The molecule has 116 valence electrons. The predicted octanol–water partition coefficient (Wildman–Crippen LogP) is 3.44. The van der Waals surface area contributed by atoms with Crippen molar-refractivity contribution < 1.29 is 10.2 Å². The van der Waals surface area contributed by atoms with Crippen molar-refractivity contribution in [3.05, 3.63) is 65.7 Å². The zero-order valence-electron chi connectivity index (χ0n) is 12.7. The highest BCUT2D eigenvalue weighted by atomic mass is 16.3. The molecule has 0 spiro atoms. The standard InChI is InChI=1S/C19H23NO2/c21-18(15-7-3-1-4-8-15)19(22)16-9-11-17(12-10-16)20-13-5-2-6-14-20/h1,3-4,7-12,18-19,21-22H,2,5-6,13-14H2/t18-,19+/m1/s1. The van der Waals surface area contributed by atoms with E-state index in [9.17, 15) is 10.2 Å². The molecule has 1 fully saturated rings. The third-order valence-corrected chi connectivity index (χ3v) is 4.40. The minimum Gasteiger partial charge on any atom is -0.385 e. The Balaban J connectivity index is 1.71. The van der Waals surface area contributed by atoms with Crippen molar-refractivity contribution in [2.75, 3.05) is 18.0 Å². The third kappa shape index (κ3) is 3.32. The lowest BCUT2D eigenvalue weighted by atomic mass is 9.98. The molecule has 1 saturated heterocycles. The van der Waals surface area contributed by atoms with Gasteiger partial charge in [-0.3, -0.25) is 0 Å². The van der Waals surface area contributed by atoms with Gasteiger partial charge in [-0.05, 0) is 42.5 Å². The van der Waals surface area contributed by atoms with Gasteiger partial charge in [0.1, 0.15) is 12.2 Å². The van der Waals surface area contributed by atoms with Crippen LogP contribution in [-0.4, -0.2) is 23.3 Å². The van der Waals surface area contributed by atoms with Crippen molar-refractivity contribution >= 4 is 5.69 Å². The molecule has 2 N–H and O–H groups in total. The van der Waals surface area contributed by atoms with E-state index in [0.717, 1.165) is 24.2 Å². The third-order valence-electron chi connectivity index (χ3n) is 4.40. The topological polar surface area (TPSA) is 43.7 Å². The Hall–Kier alpha value is -1.84. The van der Waals surface area contributed by atoms with Gasteiger partial charge in [-0.15, -0.1) is 0 Å². The van der Waals surface area contributed by atoms with Crippen molar-refractivity contribution in [1.82, 2.24) is 0 Å². The summed E-state index contributed by atoms with van der Waals surface area (Å²) in [5, 5.41) is 20.7. The lowest BCUT2D eigenvalue weighted by molar-refractivity contribution is 0.0172. The summed E-state index contributed by atoms with van der Waals surface area (Å²) in [6, 6.07) is 17.2. The average molecular weight is 297 g/mol. The quantitative estimate of drug-likeness (QED) is 0.908. The monoisotopic (exact) mass is 297 g/mol. The fraction of sp³-hybridized carbons (Fsp3) is 0.368. The number of aliphatic hydroxyl groups excluding tert-OH is 2. The van der Waals surface area contributed by atoms with Crippen LogP contribution >= 0.6 is 0 Å². The van der Waals surface area contributed by atoms with Crippen molar-refractivity contribution in [2.45, 2.75) is 31.5 Å². The van der Waals surface area contributed by atoms with E-state index in [1.54, 1.807) is 0 Å². The summed E-state index contributed by atoms with van der Waals surface area (Å²) in [6.45, 7) is 2.21. The second kappa shape index (κ2) is 6.95. The van der Waals surface area contributed by atoms with Gasteiger partial charge in [0, 0.05) is 18.8 Å². The lowest BCUT2D eigenvalue weighted by Gasteiger charge is -2.29. The first kappa shape index (κ1) is 15.1. The zero-order chi connectivity index (χ0) is 15.4. The molecule has 0 unspecified atom stereocenters. The van der Waals surface area contributed by atoms with Crippen molar-refractivity contribution in [1.29, 1.82) is 0 Å². The van der Waals surface area contributed by atoms with Crippen LogP contribution < -0.4 is 4.90 Å². The summed E-state index contributed by atoms with van der Waals surface area (Å²) in [5.74, 6) is 0. The molecule has 0 amide bonds. The maximum atomic E-state index is 10.4. The minimum atomic E-state index is -0.905. The van der Waals surface area contributed by atoms with E-state index in [-0.39, 0.29) is 0 Å². The van der Waals surface area contributed by atoms with E-state index in [4.69, 9.17) is 0 Å². The van der Waals surface area contributed by atoms with Crippen LogP contribution in [0.1, 0.15) is 42.6 Å². The summed E-state index contributed by atoms with van der Waals surface area (Å²) in [4.78, 5) is 2.38. The van der Waals surface area contributed by atoms with Crippen LogP contribution in [0.4, 0.5) is 5.69 Å². The van der Waals surface area contributed by atoms with Gasteiger partial charge in [0.05, 0.1) is 0 Å². The number of aliphatic hydroxyl groups is 2. The number of anilines is 1. The van der Waals surface area contributed by atoms with Gasteiger partial charge in [0.25, 0.3) is 0 Å².